The molecule has 1 unspecified atom stereocenters. The number of hydrogen-bond acceptors (Lipinski definition) is 8. The molecule has 3 N–H and O–H groups in total. The highest BCUT2D eigenvalue weighted by Crippen LogP contribution is 2.20. The zero-order valence-electron chi connectivity index (χ0n) is 30.3. The maximum atomic E-state index is 13.9. The first-order valence-electron chi connectivity index (χ1n) is 16.8. The van der Waals surface area contributed by atoms with E-state index >= 15 is 0 Å². The third kappa shape index (κ3) is 12.2. The first-order chi connectivity index (χ1) is 21.2. The van der Waals surface area contributed by atoms with Crippen LogP contribution in [-0.4, -0.2) is 83.9 Å². The summed E-state index contributed by atoms with van der Waals surface area (Å²) >= 11 is 0. The zero-order valence-corrected chi connectivity index (χ0v) is 30.3. The Hall–Kier alpha value is -3.18. The van der Waals surface area contributed by atoms with E-state index in [1.165, 1.54) is 11.9 Å². The number of amides is 4. The lowest BCUT2D eigenvalue weighted by atomic mass is 9.97. The minimum Gasteiger partial charge on any atom is -0.451 e. The van der Waals surface area contributed by atoms with Crippen LogP contribution in [0.25, 0.3) is 0 Å². The van der Waals surface area contributed by atoms with E-state index in [-0.39, 0.29) is 42.9 Å². The van der Waals surface area contributed by atoms with Crippen molar-refractivity contribution in [1.29, 1.82) is 0 Å². The normalized spacial score (nSPS) is 26.7. The van der Waals surface area contributed by atoms with Gasteiger partial charge in [0.1, 0.15) is 24.2 Å². The second-order valence-electron chi connectivity index (χ2n) is 14.9. The molecule has 0 aliphatic carbocycles. The Morgan fingerprint density at radius 3 is 1.52 bits per heavy atom. The van der Waals surface area contributed by atoms with Gasteiger partial charge in [-0.2, -0.15) is 0 Å². The van der Waals surface area contributed by atoms with Gasteiger partial charge in [-0.3, -0.25) is 19.2 Å². The van der Waals surface area contributed by atoms with E-state index in [9.17, 15) is 28.8 Å². The molecule has 0 aromatic carbocycles. The van der Waals surface area contributed by atoms with Crippen molar-refractivity contribution in [2.75, 3.05) is 7.05 Å². The van der Waals surface area contributed by atoms with Gasteiger partial charge in [0.15, 0.2) is 12.2 Å². The molecule has 1 rings (SSSR count). The molecule has 0 radical (unpaired) electrons. The summed E-state index contributed by atoms with van der Waals surface area (Å²) in [6, 6.07) is -4.26. The third-order valence-electron chi connectivity index (χ3n) is 7.91. The van der Waals surface area contributed by atoms with Crippen molar-refractivity contribution in [2.24, 2.45) is 35.5 Å². The van der Waals surface area contributed by atoms with Crippen LogP contribution in [0, 0.1) is 35.5 Å². The molecule has 1 aliphatic heterocycles. The maximum Gasteiger partial charge on any atom is 0.329 e. The van der Waals surface area contributed by atoms with Gasteiger partial charge in [0.2, 0.25) is 11.8 Å². The van der Waals surface area contributed by atoms with Crippen LogP contribution in [-0.2, 0) is 38.2 Å². The Labute approximate surface area is 275 Å². The molecule has 0 spiro atoms. The highest BCUT2D eigenvalue weighted by molar-refractivity contribution is 5.95. The molecule has 46 heavy (non-hydrogen) atoms. The van der Waals surface area contributed by atoms with Crippen LogP contribution in [0.15, 0.2) is 0 Å². The fourth-order valence-electron chi connectivity index (χ4n) is 5.26. The van der Waals surface area contributed by atoms with Crippen molar-refractivity contribution in [1.82, 2.24) is 20.9 Å². The summed E-state index contributed by atoms with van der Waals surface area (Å²) in [4.78, 5) is 83.4. The van der Waals surface area contributed by atoms with E-state index in [0.717, 1.165) is 0 Å². The molecule has 1 saturated heterocycles. The number of esters is 2. The average Bonchev–Trinajstić information content (AvgIpc) is 2.92. The Kier molecular flexibility index (Phi) is 16.2. The van der Waals surface area contributed by atoms with Crippen molar-refractivity contribution >= 4 is 35.6 Å². The zero-order chi connectivity index (χ0) is 35.6. The molecule has 12 heteroatoms. The number of carbonyl (C=O) groups excluding carboxylic acids is 6. The number of ether oxygens (including phenoxy) is 2. The number of rotatable bonds is 9. The standard InChI is InChI=1S/C34H60N4O8/c1-17(2)14-23-33(43)45-25(16-19(5)6)29(39)37-27(21(9)10)32(42)38(13)24(15-18(3)4)34(44)46-28(22(11)12)31(41)36-26(20(7)8)30(40)35-23/h17-28H,14-16H2,1-13H3,(H,35,40)(H,36,41)(H,37,39)/t23-,24+,25+,26-,27?,28+/m0/s1. The Morgan fingerprint density at radius 2 is 1.07 bits per heavy atom. The number of nitrogens with zero attached hydrogens (tertiary/aromatic N) is 1. The lowest BCUT2D eigenvalue weighted by Gasteiger charge is -2.35. The predicted octanol–water partition coefficient (Wildman–Crippen LogP) is 3.21. The molecule has 1 fully saturated rings. The summed E-state index contributed by atoms with van der Waals surface area (Å²) in [6.07, 6.45) is -1.85. The van der Waals surface area contributed by atoms with Crippen molar-refractivity contribution in [2.45, 2.75) is 139 Å². The molecule has 0 aromatic heterocycles. The number of nitrogens with one attached hydrogen (secondary N) is 3. The van der Waals surface area contributed by atoms with Gasteiger partial charge in [-0.05, 0) is 54.8 Å². The van der Waals surface area contributed by atoms with Gasteiger partial charge in [0, 0.05) is 7.05 Å². The predicted molar refractivity (Wildman–Crippen MR) is 175 cm³/mol. The highest BCUT2D eigenvalue weighted by atomic mass is 16.6. The average molecular weight is 653 g/mol. The lowest BCUT2D eigenvalue weighted by molar-refractivity contribution is -0.167. The molecule has 6 atom stereocenters. The van der Waals surface area contributed by atoms with Crippen LogP contribution in [0.3, 0.4) is 0 Å². The third-order valence-corrected chi connectivity index (χ3v) is 7.91. The van der Waals surface area contributed by atoms with Crippen LogP contribution in [0.4, 0.5) is 0 Å². The van der Waals surface area contributed by atoms with Gasteiger partial charge in [0.25, 0.3) is 11.8 Å². The summed E-state index contributed by atoms with van der Waals surface area (Å²) in [5.74, 6) is -5.30. The molecule has 1 heterocycles. The first kappa shape index (κ1) is 40.8. The monoisotopic (exact) mass is 652 g/mol. The minimum absolute atomic E-state index is 0.0216. The fourth-order valence-corrected chi connectivity index (χ4v) is 5.26. The van der Waals surface area contributed by atoms with Gasteiger partial charge in [-0.25, -0.2) is 9.59 Å². The molecule has 264 valence electrons. The summed E-state index contributed by atoms with van der Waals surface area (Å²) in [5.41, 5.74) is 0. The highest BCUT2D eigenvalue weighted by Gasteiger charge is 2.40. The van der Waals surface area contributed by atoms with E-state index < -0.39 is 83.8 Å². The van der Waals surface area contributed by atoms with Gasteiger partial charge >= 0.3 is 11.9 Å². The summed E-state index contributed by atoms with van der Waals surface area (Å²) in [5, 5.41) is 8.24. The molecule has 0 bridgehead atoms. The van der Waals surface area contributed by atoms with E-state index in [0.29, 0.717) is 0 Å². The number of likely N-dealkylation sites (N-methyl/N-ethyl adjacent to an activating group) is 1. The SMILES string of the molecule is CC(C)C[C@@H]1NC(=O)[C@H](C(C)C)NC(=O)[C@@H](C(C)C)OC(=O)[C@@H](CC(C)C)N(C)C(=O)C(C(C)C)NC(=O)[C@@H](CC(C)C)OC1=O. The second kappa shape index (κ2) is 18.2. The van der Waals surface area contributed by atoms with Crippen LogP contribution in [0.2, 0.25) is 0 Å². The fraction of sp³-hybridized carbons (Fsp3) is 0.824. The minimum atomic E-state index is -1.26. The summed E-state index contributed by atoms with van der Waals surface area (Å²) in [6.45, 7) is 21.8. The Balaban J connectivity index is 3.81. The smallest absolute Gasteiger partial charge is 0.329 e. The molecule has 12 nitrogen and oxygen atoms in total. The topological polar surface area (TPSA) is 160 Å². The van der Waals surface area contributed by atoms with E-state index in [4.69, 9.17) is 9.47 Å². The van der Waals surface area contributed by atoms with Crippen molar-refractivity contribution in [3.05, 3.63) is 0 Å². The quantitative estimate of drug-likeness (QED) is 0.320. The lowest BCUT2D eigenvalue weighted by Crippen LogP contribution is -2.59. The second-order valence-corrected chi connectivity index (χ2v) is 14.9. The summed E-state index contributed by atoms with van der Waals surface area (Å²) in [7, 11) is 1.47. The van der Waals surface area contributed by atoms with Crippen LogP contribution >= 0.6 is 0 Å². The molecular formula is C34H60N4O8. The first-order valence-corrected chi connectivity index (χ1v) is 16.8. The van der Waals surface area contributed by atoms with Crippen LogP contribution in [0.5, 0.6) is 0 Å². The molecule has 0 saturated carbocycles. The van der Waals surface area contributed by atoms with E-state index in [1.54, 1.807) is 41.5 Å². The van der Waals surface area contributed by atoms with Gasteiger partial charge in [-0.15, -0.1) is 0 Å². The Bertz CT molecular complexity index is 1070. The summed E-state index contributed by atoms with van der Waals surface area (Å²) < 4.78 is 11.6. The molecule has 4 amide bonds. The molecular weight excluding hydrogens is 592 g/mol. The van der Waals surface area contributed by atoms with Gasteiger partial charge in [0.05, 0.1) is 0 Å². The van der Waals surface area contributed by atoms with Gasteiger partial charge < -0.3 is 30.3 Å². The molecule has 0 aromatic rings. The van der Waals surface area contributed by atoms with Crippen molar-refractivity contribution in [3.8, 4) is 0 Å². The maximum absolute atomic E-state index is 13.9. The van der Waals surface area contributed by atoms with Crippen molar-refractivity contribution in [3.63, 3.8) is 0 Å². The van der Waals surface area contributed by atoms with E-state index in [1.807, 2.05) is 41.5 Å². The van der Waals surface area contributed by atoms with Crippen LogP contribution < -0.4 is 16.0 Å². The number of carbonyl (C=O) groups is 6. The number of hydrogen-bond donors (Lipinski definition) is 3. The largest absolute Gasteiger partial charge is 0.451 e. The van der Waals surface area contributed by atoms with E-state index in [2.05, 4.69) is 16.0 Å². The number of cyclic esters (lactones) is 2. The van der Waals surface area contributed by atoms with Crippen LogP contribution in [0.1, 0.15) is 102 Å². The van der Waals surface area contributed by atoms with Crippen molar-refractivity contribution < 1.29 is 38.2 Å². The molecule has 1 aliphatic rings. The Morgan fingerprint density at radius 1 is 0.565 bits per heavy atom. The van der Waals surface area contributed by atoms with Gasteiger partial charge in [-0.1, -0.05) is 83.1 Å².